The third-order valence-corrected chi connectivity index (χ3v) is 5.62. The molecule has 0 saturated heterocycles. The number of methoxy groups -OCH3 is 1. The second-order valence-corrected chi connectivity index (χ2v) is 6.54. The quantitative estimate of drug-likeness (QED) is 0.496. The summed E-state index contributed by atoms with van der Waals surface area (Å²) in [5.41, 5.74) is 5.33. The normalized spacial score (nSPS) is 15.5. The Morgan fingerprint density at radius 1 is 1.18 bits per heavy atom. The molecule has 0 rings (SSSR count). The van der Waals surface area contributed by atoms with Crippen molar-refractivity contribution in [2.45, 2.75) is 19.9 Å². The Morgan fingerprint density at radius 3 is 2.00 bits per heavy atom. The van der Waals surface area contributed by atoms with E-state index in [0.717, 1.165) is 21.3 Å². The van der Waals surface area contributed by atoms with Gasteiger partial charge in [0, 0.05) is 0 Å². The molecule has 0 bridgehead atoms. The van der Waals surface area contributed by atoms with Crippen molar-refractivity contribution in [2.24, 2.45) is 5.73 Å². The number of quaternary nitrogens is 1. The van der Waals surface area contributed by atoms with Crippen LogP contribution in [0.4, 0.5) is 4.79 Å². The summed E-state index contributed by atoms with van der Waals surface area (Å²) in [6.07, 6.45) is 0. The summed E-state index contributed by atoms with van der Waals surface area (Å²) >= 11 is 0. The Kier molecular flexibility index (Phi) is 7.68. The van der Waals surface area contributed by atoms with Crippen LogP contribution in [0.5, 0.6) is 0 Å². The zero-order valence-corrected chi connectivity index (χ0v) is 14.1. The molecule has 0 aliphatic carbocycles. The first-order chi connectivity index (χ1) is 10.2. The summed E-state index contributed by atoms with van der Waals surface area (Å²) in [6, 6.07) is -2.67. The van der Waals surface area contributed by atoms with E-state index in [2.05, 4.69) is 4.74 Å². The van der Waals surface area contributed by atoms with E-state index in [4.69, 9.17) is 19.5 Å². The largest absolute Gasteiger partial charge is 0.541 e. The fourth-order valence-electron chi connectivity index (χ4n) is 1.94. The smallest absolute Gasteiger partial charge is 0.465 e. The molecule has 22 heavy (non-hydrogen) atoms. The van der Waals surface area contributed by atoms with Gasteiger partial charge >= 0.3 is 25.7 Å². The number of amides is 2. The summed E-state index contributed by atoms with van der Waals surface area (Å²) in [5, 5.41) is 0. The van der Waals surface area contributed by atoms with Gasteiger partial charge in [-0.15, -0.1) is 4.25 Å². The standard InChI is InChI=1S/C11H21N2O8P/c1-6-21-9(14)7-13(11(12)16,8(2)10(15)18-3)22(17,19-4)20-5/h8H,6-7H2,1-5H3,(H-,12,16)/p+1. The zero-order chi connectivity index (χ0) is 17.6. The van der Waals surface area contributed by atoms with E-state index in [9.17, 15) is 18.9 Å². The van der Waals surface area contributed by atoms with Crippen LogP contribution in [0.25, 0.3) is 0 Å². The number of carbonyl (C=O) groups is 3. The van der Waals surface area contributed by atoms with Gasteiger partial charge < -0.3 is 15.2 Å². The van der Waals surface area contributed by atoms with Crippen LogP contribution in [0, 0.1) is 0 Å². The molecule has 0 aliphatic rings. The molecule has 2 N–H and O–H groups in total. The van der Waals surface area contributed by atoms with Crippen molar-refractivity contribution < 1.29 is 41.7 Å². The molecular formula is C11H22N2O8P+. The topological polar surface area (TPSA) is 131 Å². The van der Waals surface area contributed by atoms with E-state index in [1.807, 2.05) is 0 Å². The summed E-state index contributed by atoms with van der Waals surface area (Å²) < 4.78 is 30.3. The molecule has 0 aromatic heterocycles. The second-order valence-electron chi connectivity index (χ2n) is 4.16. The number of ether oxygens (including phenoxy) is 2. The van der Waals surface area contributed by atoms with Gasteiger partial charge in [0.1, 0.15) is 0 Å². The molecule has 0 fully saturated rings. The first-order valence-electron chi connectivity index (χ1n) is 6.30. The van der Waals surface area contributed by atoms with Crippen molar-refractivity contribution in [3.8, 4) is 0 Å². The van der Waals surface area contributed by atoms with E-state index >= 15 is 0 Å². The van der Waals surface area contributed by atoms with E-state index < -0.39 is 42.6 Å². The minimum atomic E-state index is -4.32. The number of carbonyl (C=O) groups excluding carboxylic acids is 3. The highest BCUT2D eigenvalue weighted by Crippen LogP contribution is 2.58. The van der Waals surface area contributed by atoms with Gasteiger partial charge in [0.25, 0.3) is 0 Å². The highest BCUT2D eigenvalue weighted by atomic mass is 31.2. The molecule has 2 amide bonds. The highest BCUT2D eigenvalue weighted by Gasteiger charge is 2.62. The number of esters is 2. The van der Waals surface area contributed by atoms with Crippen molar-refractivity contribution in [3.05, 3.63) is 0 Å². The predicted molar refractivity (Wildman–Crippen MR) is 74.4 cm³/mol. The fourth-order valence-corrected chi connectivity index (χ4v) is 3.72. The molecule has 0 saturated carbocycles. The lowest BCUT2D eigenvalue weighted by molar-refractivity contribution is -0.749. The van der Waals surface area contributed by atoms with Crippen molar-refractivity contribution in [3.63, 3.8) is 0 Å². The molecule has 2 unspecified atom stereocenters. The molecule has 10 nitrogen and oxygen atoms in total. The average molecular weight is 341 g/mol. The molecule has 0 radical (unpaired) electrons. The molecular weight excluding hydrogens is 319 g/mol. The van der Waals surface area contributed by atoms with Crippen LogP contribution >= 0.6 is 7.75 Å². The van der Waals surface area contributed by atoms with Crippen molar-refractivity contribution >= 4 is 25.7 Å². The first-order valence-corrected chi connectivity index (χ1v) is 7.79. The van der Waals surface area contributed by atoms with Crippen LogP contribution < -0.4 is 5.73 Å². The van der Waals surface area contributed by atoms with Crippen LogP contribution in [0.3, 0.4) is 0 Å². The van der Waals surface area contributed by atoms with Gasteiger partial charge in [0.05, 0.1) is 27.9 Å². The first kappa shape index (κ1) is 20.5. The van der Waals surface area contributed by atoms with Gasteiger partial charge in [-0.1, -0.05) is 0 Å². The highest BCUT2D eigenvalue weighted by molar-refractivity contribution is 7.48. The summed E-state index contributed by atoms with van der Waals surface area (Å²) in [6.45, 7) is 1.99. The molecule has 0 aromatic rings. The number of rotatable bonds is 8. The monoisotopic (exact) mass is 341 g/mol. The maximum Gasteiger partial charge on any atom is 0.541 e. The van der Waals surface area contributed by atoms with Gasteiger partial charge in [-0.05, 0) is 13.8 Å². The van der Waals surface area contributed by atoms with E-state index in [1.165, 1.54) is 6.92 Å². The number of urea groups is 1. The van der Waals surface area contributed by atoms with E-state index in [1.54, 1.807) is 6.92 Å². The second kappa shape index (κ2) is 8.23. The number of hydrogen-bond donors (Lipinski definition) is 1. The third-order valence-electron chi connectivity index (χ3n) is 3.14. The van der Waals surface area contributed by atoms with Crippen molar-refractivity contribution in [2.75, 3.05) is 34.5 Å². The van der Waals surface area contributed by atoms with Gasteiger partial charge in [-0.25, -0.2) is 18.9 Å². The Balaban J connectivity index is 6.20. The molecule has 0 spiro atoms. The number of primary amides is 1. The van der Waals surface area contributed by atoms with Gasteiger partial charge in [0.2, 0.25) is 6.04 Å². The summed E-state index contributed by atoms with van der Waals surface area (Å²) in [5.74, 6) is -1.82. The third kappa shape index (κ3) is 3.64. The molecule has 0 aromatic carbocycles. The molecule has 128 valence electrons. The van der Waals surface area contributed by atoms with Crippen LogP contribution in [0.1, 0.15) is 13.8 Å². The number of hydrogen-bond acceptors (Lipinski definition) is 8. The van der Waals surface area contributed by atoms with Gasteiger partial charge in [-0.2, -0.15) is 0 Å². The maximum atomic E-state index is 12.8. The fraction of sp³-hybridized carbons (Fsp3) is 0.727. The minimum absolute atomic E-state index is 0.0223. The zero-order valence-electron chi connectivity index (χ0n) is 13.2. The Labute approximate surface area is 128 Å². The summed E-state index contributed by atoms with van der Waals surface area (Å²) in [7, 11) is -1.23. The van der Waals surface area contributed by atoms with E-state index in [0.29, 0.717) is 0 Å². The van der Waals surface area contributed by atoms with Crippen molar-refractivity contribution in [1.82, 2.24) is 0 Å². The Hall–Kier alpha value is -1.48. The lowest BCUT2D eigenvalue weighted by Crippen LogP contribution is -2.63. The molecule has 11 heteroatoms. The SMILES string of the molecule is CCOC(=O)C[N+](C(N)=O)(C(C)C(=O)OC)P(=O)(OC)OC. The van der Waals surface area contributed by atoms with Crippen LogP contribution in [0.2, 0.25) is 0 Å². The van der Waals surface area contributed by atoms with Crippen LogP contribution in [-0.2, 0) is 32.7 Å². The Morgan fingerprint density at radius 2 is 1.68 bits per heavy atom. The number of nitrogens with zero attached hydrogens (tertiary/aromatic N) is 1. The van der Waals surface area contributed by atoms with Crippen LogP contribution in [0.15, 0.2) is 0 Å². The Bertz CT molecular complexity index is 475. The molecule has 0 aliphatic heterocycles. The van der Waals surface area contributed by atoms with Gasteiger partial charge in [-0.3, -0.25) is 9.05 Å². The van der Waals surface area contributed by atoms with Crippen molar-refractivity contribution in [1.29, 1.82) is 0 Å². The van der Waals surface area contributed by atoms with E-state index in [-0.39, 0.29) is 6.61 Å². The average Bonchev–Trinajstić information content (AvgIpc) is 2.50. The molecule has 0 heterocycles. The maximum absolute atomic E-state index is 12.8. The lowest BCUT2D eigenvalue weighted by Gasteiger charge is -2.38. The van der Waals surface area contributed by atoms with Crippen LogP contribution in [-0.4, -0.2) is 62.7 Å². The summed E-state index contributed by atoms with van der Waals surface area (Å²) in [4.78, 5) is 35.7. The predicted octanol–water partition coefficient (Wildman–Crippen LogP) is 0.407. The number of nitrogens with two attached hydrogens (primary N) is 1. The lowest BCUT2D eigenvalue weighted by atomic mass is 10.3. The minimum Gasteiger partial charge on any atom is -0.465 e. The molecule has 2 atom stereocenters. The van der Waals surface area contributed by atoms with Gasteiger partial charge in [0.15, 0.2) is 6.54 Å².